The van der Waals surface area contributed by atoms with E-state index in [9.17, 15) is 4.39 Å². The first-order valence-electron chi connectivity index (χ1n) is 8.07. The third kappa shape index (κ3) is 4.00. The van der Waals surface area contributed by atoms with Crippen molar-refractivity contribution in [2.24, 2.45) is 16.7 Å². The minimum atomic E-state index is -0.146. The van der Waals surface area contributed by atoms with Crippen LogP contribution in [0.4, 0.5) is 4.39 Å². The molecule has 0 saturated heterocycles. The Morgan fingerprint density at radius 2 is 1.86 bits per heavy atom. The zero-order valence-electron chi connectivity index (χ0n) is 13.8. The Labute approximate surface area is 134 Å². The van der Waals surface area contributed by atoms with E-state index in [1.807, 2.05) is 13.0 Å². The molecule has 0 N–H and O–H groups in total. The molecular weight excluding hydrogens is 283 g/mol. The van der Waals surface area contributed by atoms with Gasteiger partial charge in [-0.2, -0.15) is 0 Å². The van der Waals surface area contributed by atoms with Crippen molar-refractivity contribution >= 4 is 11.6 Å². The second kappa shape index (κ2) is 6.28. The Bertz CT molecular complexity index is 479. The Kier molecular flexibility index (Phi) is 5.03. The lowest BCUT2D eigenvalue weighted by molar-refractivity contribution is 0.102. The normalized spacial score (nSPS) is 26.9. The molecule has 118 valence electrons. The molecule has 1 aromatic rings. The minimum Gasteiger partial charge on any atom is -0.207 e. The predicted octanol–water partition coefficient (Wildman–Crippen LogP) is 6.14. The van der Waals surface area contributed by atoms with Crippen LogP contribution >= 0.6 is 11.6 Å². The van der Waals surface area contributed by atoms with Gasteiger partial charge in [0.25, 0.3) is 0 Å². The van der Waals surface area contributed by atoms with Gasteiger partial charge in [0.2, 0.25) is 0 Å². The van der Waals surface area contributed by atoms with Gasteiger partial charge in [-0.3, -0.25) is 0 Å². The Balaban J connectivity index is 2.10. The maximum absolute atomic E-state index is 13.3. The van der Waals surface area contributed by atoms with E-state index in [1.54, 1.807) is 12.1 Å². The summed E-state index contributed by atoms with van der Waals surface area (Å²) in [5.41, 5.74) is 2.90. The number of aryl methyl sites for hydroxylation is 1. The molecule has 0 aliphatic heterocycles. The maximum atomic E-state index is 13.3. The average Bonchev–Trinajstić information content (AvgIpc) is 2.41. The van der Waals surface area contributed by atoms with Gasteiger partial charge < -0.3 is 0 Å². The fraction of sp³-hybridized carbons (Fsp3) is 0.684. The van der Waals surface area contributed by atoms with Crippen LogP contribution in [0.25, 0.3) is 0 Å². The van der Waals surface area contributed by atoms with Crippen LogP contribution in [0.3, 0.4) is 0 Å². The summed E-state index contributed by atoms with van der Waals surface area (Å²) in [7, 11) is 0. The summed E-state index contributed by atoms with van der Waals surface area (Å²) in [6.45, 7) is 9.03. The van der Waals surface area contributed by atoms with Crippen LogP contribution in [0.1, 0.15) is 57.6 Å². The van der Waals surface area contributed by atoms with E-state index in [2.05, 4.69) is 20.8 Å². The number of alkyl halides is 1. The van der Waals surface area contributed by atoms with Gasteiger partial charge in [-0.1, -0.05) is 26.8 Å². The number of hydrogen-bond donors (Lipinski definition) is 0. The van der Waals surface area contributed by atoms with Crippen LogP contribution in [0, 0.1) is 29.5 Å². The summed E-state index contributed by atoms with van der Waals surface area (Å²) in [6.07, 6.45) is 5.89. The van der Waals surface area contributed by atoms with Gasteiger partial charge >= 0.3 is 0 Å². The highest BCUT2D eigenvalue weighted by Gasteiger charge is 2.38. The first-order chi connectivity index (χ1) is 9.76. The molecule has 21 heavy (non-hydrogen) atoms. The summed E-state index contributed by atoms with van der Waals surface area (Å²) in [4.78, 5) is 0. The molecule has 0 bridgehead atoms. The molecular formula is C19H28ClF. The SMILES string of the molecule is Cc1cc(F)ccc1CC1(CCl)CCC(C(C)(C)C)CC1. The Morgan fingerprint density at radius 3 is 2.33 bits per heavy atom. The molecule has 0 heterocycles. The standard InChI is InChI=1S/C19H28ClF/c1-14-11-17(21)6-5-15(14)12-19(13-20)9-7-16(8-10-19)18(2,3)4/h5-6,11,16H,7-10,12-13H2,1-4H3. The van der Waals surface area contributed by atoms with Gasteiger partial charge in [-0.15, -0.1) is 11.6 Å². The lowest BCUT2D eigenvalue weighted by Crippen LogP contribution is -2.35. The molecule has 0 radical (unpaired) electrons. The van der Waals surface area contributed by atoms with Gasteiger partial charge in [0.05, 0.1) is 0 Å². The zero-order valence-corrected chi connectivity index (χ0v) is 14.6. The van der Waals surface area contributed by atoms with E-state index >= 15 is 0 Å². The molecule has 0 unspecified atom stereocenters. The summed E-state index contributed by atoms with van der Waals surface area (Å²) in [6, 6.07) is 5.15. The monoisotopic (exact) mass is 310 g/mol. The fourth-order valence-corrected chi connectivity index (χ4v) is 4.08. The van der Waals surface area contributed by atoms with Crippen LogP contribution in [-0.4, -0.2) is 5.88 Å². The van der Waals surface area contributed by atoms with E-state index < -0.39 is 0 Å². The van der Waals surface area contributed by atoms with Crippen molar-refractivity contribution in [2.45, 2.75) is 59.8 Å². The van der Waals surface area contributed by atoms with Crippen molar-refractivity contribution in [1.29, 1.82) is 0 Å². The maximum Gasteiger partial charge on any atom is 0.123 e. The van der Waals surface area contributed by atoms with Gasteiger partial charge in [0, 0.05) is 5.88 Å². The van der Waals surface area contributed by atoms with Crippen molar-refractivity contribution in [3.05, 3.63) is 35.1 Å². The predicted molar refractivity (Wildman–Crippen MR) is 89.4 cm³/mol. The highest BCUT2D eigenvalue weighted by molar-refractivity contribution is 6.18. The molecule has 1 aliphatic rings. The highest BCUT2D eigenvalue weighted by atomic mass is 35.5. The van der Waals surface area contributed by atoms with E-state index in [1.165, 1.54) is 31.2 Å². The molecule has 0 amide bonds. The molecule has 1 aromatic carbocycles. The smallest absolute Gasteiger partial charge is 0.123 e. The number of rotatable bonds is 3. The fourth-order valence-electron chi connectivity index (χ4n) is 3.72. The summed E-state index contributed by atoms with van der Waals surface area (Å²) in [5, 5.41) is 0. The lowest BCUT2D eigenvalue weighted by Gasteiger charge is -2.43. The van der Waals surface area contributed by atoms with E-state index in [0.29, 0.717) is 11.3 Å². The second-order valence-electron chi connectivity index (χ2n) is 8.02. The second-order valence-corrected chi connectivity index (χ2v) is 8.29. The molecule has 0 nitrogen and oxygen atoms in total. The molecule has 0 spiro atoms. The molecule has 0 aromatic heterocycles. The Hall–Kier alpha value is -0.560. The third-order valence-corrected chi connectivity index (χ3v) is 5.99. The van der Waals surface area contributed by atoms with Gasteiger partial charge in [-0.25, -0.2) is 4.39 Å². The molecule has 2 heteroatoms. The van der Waals surface area contributed by atoms with E-state index in [4.69, 9.17) is 11.6 Å². The van der Waals surface area contributed by atoms with Crippen molar-refractivity contribution in [3.8, 4) is 0 Å². The molecule has 2 rings (SSSR count). The highest BCUT2D eigenvalue weighted by Crippen LogP contribution is 2.47. The molecule has 1 aliphatic carbocycles. The lowest BCUT2D eigenvalue weighted by atomic mass is 9.63. The van der Waals surface area contributed by atoms with Gasteiger partial charge in [0.15, 0.2) is 0 Å². The number of halogens is 2. The summed E-state index contributed by atoms with van der Waals surface area (Å²) < 4.78 is 13.3. The van der Waals surface area contributed by atoms with Crippen LogP contribution in [-0.2, 0) is 6.42 Å². The average molecular weight is 311 g/mol. The molecule has 1 saturated carbocycles. The van der Waals surface area contributed by atoms with Crippen LogP contribution in [0.5, 0.6) is 0 Å². The zero-order chi connectivity index (χ0) is 15.7. The van der Waals surface area contributed by atoms with Gasteiger partial charge in [0.1, 0.15) is 5.82 Å². The first kappa shape index (κ1) is 16.8. The largest absolute Gasteiger partial charge is 0.207 e. The van der Waals surface area contributed by atoms with Crippen molar-refractivity contribution in [2.75, 3.05) is 5.88 Å². The Morgan fingerprint density at radius 1 is 1.24 bits per heavy atom. The van der Waals surface area contributed by atoms with E-state index in [-0.39, 0.29) is 11.2 Å². The van der Waals surface area contributed by atoms with Crippen molar-refractivity contribution in [3.63, 3.8) is 0 Å². The van der Waals surface area contributed by atoms with Crippen molar-refractivity contribution < 1.29 is 4.39 Å². The summed E-state index contributed by atoms with van der Waals surface area (Å²) >= 11 is 6.36. The molecule has 1 fully saturated rings. The van der Waals surface area contributed by atoms with Crippen molar-refractivity contribution in [1.82, 2.24) is 0 Å². The topological polar surface area (TPSA) is 0 Å². The van der Waals surface area contributed by atoms with Gasteiger partial charge in [-0.05, 0) is 79.0 Å². The quantitative estimate of drug-likeness (QED) is 0.588. The number of hydrogen-bond acceptors (Lipinski definition) is 0. The number of benzene rings is 1. The summed E-state index contributed by atoms with van der Waals surface area (Å²) in [5.74, 6) is 1.36. The van der Waals surface area contributed by atoms with Crippen LogP contribution < -0.4 is 0 Å². The van der Waals surface area contributed by atoms with E-state index in [0.717, 1.165) is 17.9 Å². The minimum absolute atomic E-state index is 0.146. The van der Waals surface area contributed by atoms with Crippen LogP contribution in [0.2, 0.25) is 0 Å². The molecule has 0 atom stereocenters. The third-order valence-electron chi connectivity index (χ3n) is 5.42. The first-order valence-corrected chi connectivity index (χ1v) is 8.60. The van der Waals surface area contributed by atoms with Crippen LogP contribution in [0.15, 0.2) is 18.2 Å².